The number of aromatic nitrogens is 3. The molecule has 3 saturated heterocycles. The van der Waals surface area contributed by atoms with E-state index in [9.17, 15) is 19.5 Å². The number of likely N-dealkylation sites (tertiary alicyclic amines) is 1. The van der Waals surface area contributed by atoms with E-state index >= 15 is 0 Å². The lowest BCUT2D eigenvalue weighted by Crippen LogP contribution is -2.56. The van der Waals surface area contributed by atoms with Gasteiger partial charge in [-0.25, -0.2) is 4.68 Å². The van der Waals surface area contributed by atoms with Gasteiger partial charge < -0.3 is 20.6 Å². The molecule has 1 spiro atoms. The third kappa shape index (κ3) is 4.96. The Morgan fingerprint density at radius 3 is 2.60 bits per heavy atom. The smallest absolute Gasteiger partial charge is 0.245 e. The van der Waals surface area contributed by atoms with Gasteiger partial charge in [-0.15, -0.1) is 16.9 Å². The summed E-state index contributed by atoms with van der Waals surface area (Å²) in [6.07, 6.45) is 3.96. The van der Waals surface area contributed by atoms with Crippen molar-refractivity contribution in [1.29, 1.82) is 0 Å². The standard InChI is InChI=1S/C31H38N6O4S/c1-20-17-24-25(28(39)32-18-21-11-5-4-6-12-21)26-30(41)36(15-9-2-3-10-16-38)27(31(20,26)42-24)29(40)33-19-37-23-14-8-7-13-22(23)34-35-37/h4-8,11-14,20,24-27,38H,2-3,9-10,15-19H2,1H3,(H,32,39)(H,33,40)/t20?,24-,25+,26+,27?,31?/m1/s1. The van der Waals surface area contributed by atoms with Crippen molar-refractivity contribution in [3.8, 4) is 0 Å². The molecule has 3 aliphatic heterocycles. The highest BCUT2D eigenvalue weighted by Gasteiger charge is 2.75. The van der Waals surface area contributed by atoms with Crippen LogP contribution in [0.1, 0.15) is 44.6 Å². The minimum Gasteiger partial charge on any atom is -0.396 e. The van der Waals surface area contributed by atoms with Crippen LogP contribution in [-0.4, -0.2) is 71.9 Å². The van der Waals surface area contributed by atoms with Crippen molar-refractivity contribution >= 4 is 40.5 Å². The predicted molar refractivity (Wildman–Crippen MR) is 160 cm³/mol. The van der Waals surface area contributed by atoms with Gasteiger partial charge in [0, 0.05) is 24.9 Å². The molecule has 4 heterocycles. The Balaban J connectivity index is 1.25. The van der Waals surface area contributed by atoms with Crippen molar-refractivity contribution in [1.82, 2.24) is 30.5 Å². The second-order valence-electron chi connectivity index (χ2n) is 11.7. The summed E-state index contributed by atoms with van der Waals surface area (Å²) in [6.45, 7) is 3.26. The van der Waals surface area contributed by atoms with Crippen LogP contribution in [0.4, 0.5) is 0 Å². The lowest BCUT2D eigenvalue weighted by atomic mass is 9.66. The molecule has 2 aromatic carbocycles. The van der Waals surface area contributed by atoms with Crippen LogP contribution in [0.3, 0.4) is 0 Å². The SMILES string of the molecule is CC1C[C@H]2SC13C(C(=O)NCn1nnc4ccccc41)N(CCCCCCO)C(=O)[C@@H]3[C@H]2C(=O)NCc1ccccc1. The van der Waals surface area contributed by atoms with Gasteiger partial charge in [0.15, 0.2) is 0 Å². The molecule has 3 aromatic rings. The maximum absolute atomic E-state index is 14.2. The van der Waals surface area contributed by atoms with Crippen molar-refractivity contribution in [2.45, 2.75) is 68.3 Å². The van der Waals surface area contributed by atoms with Gasteiger partial charge in [-0.1, -0.05) is 67.4 Å². The third-order valence-electron chi connectivity index (χ3n) is 9.24. The molecule has 222 valence electrons. The number of aliphatic hydroxyl groups excluding tert-OH is 1. The van der Waals surface area contributed by atoms with Crippen LogP contribution in [0.2, 0.25) is 0 Å². The van der Waals surface area contributed by atoms with E-state index in [1.165, 1.54) is 0 Å². The van der Waals surface area contributed by atoms with Crippen LogP contribution in [-0.2, 0) is 27.6 Å². The minimum absolute atomic E-state index is 0.00835. The summed E-state index contributed by atoms with van der Waals surface area (Å²) in [5, 5.41) is 23.7. The highest BCUT2D eigenvalue weighted by molar-refractivity contribution is 8.02. The average molecular weight is 591 g/mol. The number of fused-ring (bicyclic) bond motifs is 2. The number of carbonyl (C=O) groups excluding carboxylic acids is 3. The summed E-state index contributed by atoms with van der Waals surface area (Å²) < 4.78 is 0.983. The number of thioether (sulfide) groups is 1. The normalized spacial score (nSPS) is 27.9. The van der Waals surface area contributed by atoms with Crippen LogP contribution in [0.15, 0.2) is 54.6 Å². The van der Waals surface area contributed by atoms with Crippen molar-refractivity contribution in [3.05, 3.63) is 60.2 Å². The lowest BCUT2D eigenvalue weighted by Gasteiger charge is -2.38. The molecule has 11 heteroatoms. The van der Waals surface area contributed by atoms with Crippen LogP contribution in [0, 0.1) is 17.8 Å². The fourth-order valence-corrected chi connectivity index (χ4v) is 9.72. The maximum Gasteiger partial charge on any atom is 0.245 e. The van der Waals surface area contributed by atoms with E-state index in [0.717, 1.165) is 42.3 Å². The molecule has 1 aromatic heterocycles. The second-order valence-corrected chi connectivity index (χ2v) is 13.3. The van der Waals surface area contributed by atoms with Crippen LogP contribution >= 0.6 is 11.8 Å². The first kappa shape index (κ1) is 28.7. The molecular weight excluding hydrogens is 552 g/mol. The van der Waals surface area contributed by atoms with E-state index in [1.807, 2.05) is 54.6 Å². The van der Waals surface area contributed by atoms with Gasteiger partial charge in [0.1, 0.15) is 18.2 Å². The summed E-state index contributed by atoms with van der Waals surface area (Å²) in [4.78, 5) is 43.8. The van der Waals surface area contributed by atoms with E-state index in [2.05, 4.69) is 27.9 Å². The maximum atomic E-state index is 14.2. The van der Waals surface area contributed by atoms with E-state index < -0.39 is 22.6 Å². The van der Waals surface area contributed by atoms with Crippen molar-refractivity contribution in [2.24, 2.45) is 17.8 Å². The highest BCUT2D eigenvalue weighted by atomic mass is 32.2. The second kappa shape index (κ2) is 12.0. The number of para-hydroxylation sites is 1. The Morgan fingerprint density at radius 2 is 1.79 bits per heavy atom. The zero-order valence-electron chi connectivity index (χ0n) is 23.8. The number of carbonyl (C=O) groups is 3. The molecule has 3 fully saturated rings. The minimum atomic E-state index is -0.681. The van der Waals surface area contributed by atoms with Crippen LogP contribution in [0.5, 0.6) is 0 Å². The summed E-state index contributed by atoms with van der Waals surface area (Å²) in [6, 6.07) is 16.7. The topological polar surface area (TPSA) is 129 Å². The zero-order chi connectivity index (χ0) is 29.3. The number of aliphatic hydroxyl groups is 1. The number of rotatable bonds is 12. The number of hydrogen-bond donors (Lipinski definition) is 3. The van der Waals surface area contributed by atoms with E-state index in [0.29, 0.717) is 19.5 Å². The zero-order valence-corrected chi connectivity index (χ0v) is 24.6. The molecule has 3 unspecified atom stereocenters. The Kier molecular flexibility index (Phi) is 8.22. The van der Waals surface area contributed by atoms with E-state index in [-0.39, 0.29) is 42.2 Å². The van der Waals surface area contributed by atoms with Gasteiger partial charge in [-0.2, -0.15) is 0 Å². The Labute approximate surface area is 249 Å². The molecule has 2 bridgehead atoms. The highest BCUT2D eigenvalue weighted by Crippen LogP contribution is 2.68. The summed E-state index contributed by atoms with van der Waals surface area (Å²) in [7, 11) is 0. The first-order valence-corrected chi connectivity index (χ1v) is 15.8. The molecule has 3 aliphatic rings. The Hall–Kier alpha value is -3.44. The number of nitrogens with one attached hydrogen (secondary N) is 2. The van der Waals surface area contributed by atoms with Gasteiger partial charge >= 0.3 is 0 Å². The Morgan fingerprint density at radius 1 is 1.02 bits per heavy atom. The van der Waals surface area contributed by atoms with Crippen molar-refractivity contribution in [2.75, 3.05) is 13.2 Å². The Bertz CT molecular complexity index is 1450. The van der Waals surface area contributed by atoms with Gasteiger partial charge in [-0.05, 0) is 42.9 Å². The van der Waals surface area contributed by atoms with Gasteiger partial charge in [0.2, 0.25) is 17.7 Å². The van der Waals surface area contributed by atoms with Crippen molar-refractivity contribution in [3.63, 3.8) is 0 Å². The molecule has 10 nitrogen and oxygen atoms in total. The molecule has 6 rings (SSSR count). The molecular formula is C31H38N6O4S. The van der Waals surface area contributed by atoms with Crippen LogP contribution in [0.25, 0.3) is 11.0 Å². The molecule has 0 radical (unpaired) electrons. The van der Waals surface area contributed by atoms with Crippen LogP contribution < -0.4 is 10.6 Å². The average Bonchev–Trinajstić information content (AvgIpc) is 3.72. The molecule has 3 N–H and O–H groups in total. The summed E-state index contributed by atoms with van der Waals surface area (Å²) in [5.41, 5.74) is 2.57. The first-order chi connectivity index (χ1) is 20.5. The molecule has 0 aliphatic carbocycles. The lowest BCUT2D eigenvalue weighted by molar-refractivity contribution is -0.140. The fraction of sp³-hybridized carbons (Fsp3) is 0.516. The number of nitrogens with zero attached hydrogens (tertiary/aromatic N) is 4. The molecule has 42 heavy (non-hydrogen) atoms. The summed E-state index contributed by atoms with van der Waals surface area (Å²) >= 11 is 1.68. The summed E-state index contributed by atoms with van der Waals surface area (Å²) in [5.74, 6) is -1.34. The van der Waals surface area contributed by atoms with Gasteiger partial charge in [0.25, 0.3) is 0 Å². The number of amides is 3. The fourth-order valence-electron chi connectivity index (χ4n) is 7.29. The number of hydrogen-bond acceptors (Lipinski definition) is 7. The third-order valence-corrected chi connectivity index (χ3v) is 11.3. The van der Waals surface area contributed by atoms with Crippen molar-refractivity contribution < 1.29 is 19.5 Å². The monoisotopic (exact) mass is 590 g/mol. The molecule has 6 atom stereocenters. The number of unbranched alkanes of at least 4 members (excludes halogenated alkanes) is 3. The molecule has 0 saturated carbocycles. The predicted octanol–water partition coefficient (Wildman–Crippen LogP) is 2.71. The van der Waals surface area contributed by atoms with Gasteiger partial charge in [0.05, 0.1) is 22.1 Å². The number of benzene rings is 2. The van der Waals surface area contributed by atoms with E-state index in [1.54, 1.807) is 21.3 Å². The first-order valence-electron chi connectivity index (χ1n) is 14.9. The molecule has 3 amide bonds. The quantitative estimate of drug-likeness (QED) is 0.277. The van der Waals surface area contributed by atoms with Gasteiger partial charge in [-0.3, -0.25) is 14.4 Å². The van der Waals surface area contributed by atoms with E-state index in [4.69, 9.17) is 0 Å². The largest absolute Gasteiger partial charge is 0.396 e.